The maximum Gasteiger partial charge on any atom is 0.137 e. The van der Waals surface area contributed by atoms with Gasteiger partial charge in [0, 0.05) is 12.8 Å². The average Bonchev–Trinajstić information content (AvgIpc) is 2.33. The van der Waals surface area contributed by atoms with Crippen LogP contribution in [0.2, 0.25) is 0 Å². The second-order valence-electron chi connectivity index (χ2n) is 3.31. The fraction of sp³-hybridized carbons (Fsp3) is 1.00. The molecule has 2 fully saturated rings. The van der Waals surface area contributed by atoms with Crippen LogP contribution in [0.5, 0.6) is 0 Å². The van der Waals surface area contributed by atoms with E-state index >= 15 is 0 Å². The van der Waals surface area contributed by atoms with Crippen molar-refractivity contribution in [3.8, 4) is 0 Å². The van der Waals surface area contributed by atoms with Crippen LogP contribution < -0.4 is 10.2 Å². The van der Waals surface area contributed by atoms with Crippen molar-refractivity contribution in [3.63, 3.8) is 0 Å². The fourth-order valence-corrected chi connectivity index (χ4v) is 2.20. The number of piperazine rings is 1. The van der Waals surface area contributed by atoms with Crippen LogP contribution in [0.25, 0.3) is 0 Å². The lowest BCUT2D eigenvalue weighted by atomic mass is 10.2. The normalized spacial score (nSPS) is 42.7. The monoisotopic (exact) mass is 128 g/mol. The maximum absolute atomic E-state index is 2.47. The third-order valence-electron chi connectivity index (χ3n) is 2.75. The van der Waals surface area contributed by atoms with Gasteiger partial charge in [-0.3, -0.25) is 0 Å². The Hall–Kier alpha value is -0.0800. The summed E-state index contributed by atoms with van der Waals surface area (Å²) < 4.78 is 0. The molecule has 0 aromatic heterocycles. The molecule has 9 heavy (non-hydrogen) atoms. The minimum atomic E-state index is 1.03. The molecular formula is C7H16N2+2. The number of rotatable bonds is 0. The second-order valence-corrected chi connectivity index (χ2v) is 3.31. The molecule has 2 nitrogen and oxygen atoms in total. The molecule has 2 heterocycles. The van der Waals surface area contributed by atoms with E-state index in [-0.39, 0.29) is 0 Å². The number of nitrogens with one attached hydrogen (secondary N) is 1. The molecule has 0 radical (unpaired) electrons. The molecule has 0 aromatic rings. The van der Waals surface area contributed by atoms with E-state index in [2.05, 4.69) is 5.32 Å². The van der Waals surface area contributed by atoms with Gasteiger partial charge in [-0.25, -0.2) is 0 Å². The topological polar surface area (TPSA) is 21.1 Å². The largest absolute Gasteiger partial charge is 0.337 e. The molecule has 2 heteroatoms. The van der Waals surface area contributed by atoms with Crippen LogP contribution in [-0.2, 0) is 0 Å². The van der Waals surface area contributed by atoms with Crippen LogP contribution >= 0.6 is 0 Å². The Morgan fingerprint density at radius 3 is 3.22 bits per heavy atom. The number of nitrogens with two attached hydrogens (primary N) is 1. The molecule has 52 valence electrons. The van der Waals surface area contributed by atoms with E-state index < -0.39 is 0 Å². The summed E-state index contributed by atoms with van der Waals surface area (Å²) in [5.41, 5.74) is 0. The lowest BCUT2D eigenvalue weighted by Crippen LogP contribution is -3.22. The van der Waals surface area contributed by atoms with Crippen LogP contribution in [0.15, 0.2) is 0 Å². The standard InChI is InChI=1S/C7H14N2/c1-2-7-6-8-3-5-9(7)4-1/h7-8H,1-6H2/p+2/t7-/m0/s1. The van der Waals surface area contributed by atoms with E-state index in [1.54, 1.807) is 0 Å². The minimum absolute atomic E-state index is 1.03. The zero-order valence-corrected chi connectivity index (χ0v) is 5.90. The van der Waals surface area contributed by atoms with Gasteiger partial charge in [-0.1, -0.05) is 0 Å². The molecule has 0 aromatic carbocycles. The van der Waals surface area contributed by atoms with Gasteiger partial charge in [-0.2, -0.15) is 0 Å². The third-order valence-corrected chi connectivity index (χ3v) is 2.75. The molecule has 0 spiro atoms. The highest BCUT2D eigenvalue weighted by molar-refractivity contribution is 4.61. The molecule has 2 aliphatic heterocycles. The Balaban J connectivity index is 1.97. The third kappa shape index (κ3) is 0.970. The summed E-state index contributed by atoms with van der Waals surface area (Å²) in [4.78, 5) is 1.89. The summed E-state index contributed by atoms with van der Waals surface area (Å²) in [5, 5.41) is 2.47. The molecule has 0 bridgehead atoms. The maximum atomic E-state index is 2.47. The van der Waals surface area contributed by atoms with Gasteiger partial charge in [-0.05, 0) is 0 Å². The van der Waals surface area contributed by atoms with Crippen LogP contribution in [0.1, 0.15) is 12.8 Å². The van der Waals surface area contributed by atoms with E-state index in [1.807, 2.05) is 4.90 Å². The zero-order valence-electron chi connectivity index (χ0n) is 5.90. The quantitative estimate of drug-likeness (QED) is 0.363. The van der Waals surface area contributed by atoms with Crippen molar-refractivity contribution in [2.24, 2.45) is 0 Å². The first-order valence-corrected chi connectivity index (χ1v) is 4.13. The molecule has 3 N–H and O–H groups in total. The van der Waals surface area contributed by atoms with Gasteiger partial charge in [0.05, 0.1) is 6.54 Å². The highest BCUT2D eigenvalue weighted by Gasteiger charge is 2.32. The van der Waals surface area contributed by atoms with Crippen molar-refractivity contribution < 1.29 is 10.2 Å². The first-order valence-electron chi connectivity index (χ1n) is 4.13. The zero-order chi connectivity index (χ0) is 6.10. The van der Waals surface area contributed by atoms with E-state index in [9.17, 15) is 0 Å². The molecule has 2 aliphatic rings. The Labute approximate surface area is 56.2 Å². The lowest BCUT2D eigenvalue weighted by molar-refractivity contribution is -0.959. The number of hydrogen-bond acceptors (Lipinski definition) is 0. The first-order chi connectivity index (χ1) is 4.47. The minimum Gasteiger partial charge on any atom is -0.337 e. The van der Waals surface area contributed by atoms with Crippen molar-refractivity contribution in [1.82, 2.24) is 0 Å². The van der Waals surface area contributed by atoms with Gasteiger partial charge in [0.25, 0.3) is 0 Å². The number of fused-ring (bicyclic) bond motifs is 1. The van der Waals surface area contributed by atoms with E-state index in [0.717, 1.165) is 6.04 Å². The second kappa shape index (κ2) is 2.27. The number of quaternary nitrogens is 2. The molecule has 2 rings (SSSR count). The van der Waals surface area contributed by atoms with E-state index in [1.165, 1.54) is 39.0 Å². The van der Waals surface area contributed by atoms with Crippen LogP contribution in [0.4, 0.5) is 0 Å². The van der Waals surface area contributed by atoms with Crippen molar-refractivity contribution in [3.05, 3.63) is 0 Å². The molecule has 1 unspecified atom stereocenters. The molecule has 0 saturated carbocycles. The van der Waals surface area contributed by atoms with Crippen molar-refractivity contribution in [2.75, 3.05) is 26.2 Å². The van der Waals surface area contributed by atoms with E-state index in [0.29, 0.717) is 0 Å². The van der Waals surface area contributed by atoms with Gasteiger partial charge in [0.1, 0.15) is 25.7 Å². The Bertz CT molecular complexity index is 91.1. The highest BCUT2D eigenvalue weighted by atomic mass is 15.2. The lowest BCUT2D eigenvalue weighted by Gasteiger charge is -2.23. The molecule has 2 saturated heterocycles. The molecular weight excluding hydrogens is 112 g/mol. The van der Waals surface area contributed by atoms with E-state index in [4.69, 9.17) is 0 Å². The average molecular weight is 128 g/mol. The summed E-state index contributed by atoms with van der Waals surface area (Å²) in [5.74, 6) is 0. The fourth-order valence-electron chi connectivity index (χ4n) is 2.20. The van der Waals surface area contributed by atoms with Crippen LogP contribution in [-0.4, -0.2) is 32.2 Å². The Morgan fingerprint density at radius 2 is 2.33 bits per heavy atom. The van der Waals surface area contributed by atoms with Crippen molar-refractivity contribution >= 4 is 0 Å². The van der Waals surface area contributed by atoms with Crippen molar-refractivity contribution in [1.29, 1.82) is 0 Å². The summed E-state index contributed by atoms with van der Waals surface area (Å²) in [6.45, 7) is 5.64. The smallest absolute Gasteiger partial charge is 0.137 e. The van der Waals surface area contributed by atoms with Crippen LogP contribution in [0, 0.1) is 0 Å². The summed E-state index contributed by atoms with van der Waals surface area (Å²) in [7, 11) is 0. The Morgan fingerprint density at radius 1 is 1.33 bits per heavy atom. The first kappa shape index (κ1) is 5.69. The van der Waals surface area contributed by atoms with Crippen molar-refractivity contribution in [2.45, 2.75) is 18.9 Å². The summed E-state index contributed by atoms with van der Waals surface area (Å²) in [6, 6.07) is 1.03. The summed E-state index contributed by atoms with van der Waals surface area (Å²) in [6.07, 6.45) is 2.97. The summed E-state index contributed by atoms with van der Waals surface area (Å²) >= 11 is 0. The van der Waals surface area contributed by atoms with Crippen LogP contribution in [0.3, 0.4) is 0 Å². The van der Waals surface area contributed by atoms with Gasteiger partial charge >= 0.3 is 0 Å². The highest BCUT2D eigenvalue weighted by Crippen LogP contribution is 1.97. The van der Waals surface area contributed by atoms with Gasteiger partial charge in [0.2, 0.25) is 0 Å². The molecule has 0 amide bonds. The Kier molecular flexibility index (Phi) is 1.44. The molecule has 2 atom stereocenters. The molecule has 0 aliphatic carbocycles. The number of hydrogen-bond donors (Lipinski definition) is 2. The SMILES string of the molecule is C1C[C@H]2C[NH2+]CC[NH+]2C1. The van der Waals surface area contributed by atoms with Gasteiger partial charge in [0.15, 0.2) is 0 Å². The predicted octanol–water partition coefficient (Wildman–Crippen LogP) is -2.39. The van der Waals surface area contributed by atoms with Gasteiger partial charge in [-0.15, -0.1) is 0 Å². The predicted molar refractivity (Wildman–Crippen MR) is 35.4 cm³/mol. The van der Waals surface area contributed by atoms with Gasteiger partial charge < -0.3 is 10.2 Å².